The Balaban J connectivity index is 0.00000364. The summed E-state index contributed by atoms with van der Waals surface area (Å²) in [4.78, 5) is 11.6. The van der Waals surface area contributed by atoms with Gasteiger partial charge < -0.3 is 19.3 Å². The van der Waals surface area contributed by atoms with Crippen molar-refractivity contribution in [2.24, 2.45) is 5.41 Å². The molecule has 8 aromatic rings. The molecular formula is C43H33N3OPt. The van der Waals surface area contributed by atoms with E-state index >= 15 is 0 Å². The first-order valence-corrected chi connectivity index (χ1v) is 16.0. The van der Waals surface area contributed by atoms with Crippen LogP contribution in [0.5, 0.6) is 0 Å². The third kappa shape index (κ3) is 6.05. The van der Waals surface area contributed by atoms with Crippen LogP contribution in [-0.2, 0) is 27.5 Å². The zero-order chi connectivity index (χ0) is 32.0. The van der Waals surface area contributed by atoms with Crippen molar-refractivity contribution in [3.05, 3.63) is 151 Å². The molecular weight excluding hydrogens is 770 g/mol. The van der Waals surface area contributed by atoms with Crippen LogP contribution in [0.15, 0.2) is 138 Å². The van der Waals surface area contributed by atoms with Gasteiger partial charge in [0.1, 0.15) is 11.2 Å². The average molecular weight is 803 g/mol. The van der Waals surface area contributed by atoms with Crippen molar-refractivity contribution in [3.63, 3.8) is 0 Å². The van der Waals surface area contributed by atoms with E-state index in [1.807, 2.05) is 66.9 Å². The van der Waals surface area contributed by atoms with E-state index in [0.29, 0.717) is 0 Å². The predicted molar refractivity (Wildman–Crippen MR) is 193 cm³/mol. The van der Waals surface area contributed by atoms with Crippen molar-refractivity contribution < 1.29 is 25.5 Å². The summed E-state index contributed by atoms with van der Waals surface area (Å²) in [5.74, 6) is 0. The van der Waals surface area contributed by atoms with Gasteiger partial charge in [0.25, 0.3) is 0 Å². The van der Waals surface area contributed by atoms with Crippen LogP contribution in [0.3, 0.4) is 0 Å². The standard InChI is InChI=1S/C43H33N3O.Pt/c1-43(2,3)28-29-18-20-36-30(25-29)19-21-37-38-22-24-45-40(42(38)47-41(36)37)32-12-10-16-35(27-32)46(33-13-5-4-6-14-33)34-15-9-11-31(26-34)39-17-7-8-23-44-39;/h4-25H,28H2,1-3H3;/q-2;+2. The van der Waals surface area contributed by atoms with Gasteiger partial charge in [-0.25, -0.2) is 0 Å². The first-order valence-electron chi connectivity index (χ1n) is 16.0. The Hall–Kier alpha value is -5.05. The fraction of sp³-hybridized carbons (Fsp3) is 0.116. The van der Waals surface area contributed by atoms with E-state index in [2.05, 4.69) is 103 Å². The van der Waals surface area contributed by atoms with E-state index < -0.39 is 0 Å². The maximum Gasteiger partial charge on any atom is 2.00 e. The largest absolute Gasteiger partial charge is 2.00 e. The second kappa shape index (κ2) is 12.9. The van der Waals surface area contributed by atoms with Crippen LogP contribution in [-0.4, -0.2) is 9.97 Å². The Morgan fingerprint density at radius 3 is 2.08 bits per heavy atom. The molecule has 3 heterocycles. The molecule has 0 amide bonds. The van der Waals surface area contributed by atoms with Gasteiger partial charge in [-0.2, -0.15) is 0 Å². The van der Waals surface area contributed by atoms with E-state index in [9.17, 15) is 0 Å². The van der Waals surface area contributed by atoms with Crippen LogP contribution in [0.25, 0.3) is 55.2 Å². The number of pyridine rings is 2. The van der Waals surface area contributed by atoms with E-state index in [1.165, 1.54) is 10.9 Å². The number of fused-ring (bicyclic) bond motifs is 5. The van der Waals surface area contributed by atoms with Crippen molar-refractivity contribution in [1.82, 2.24) is 9.97 Å². The Labute approximate surface area is 295 Å². The Morgan fingerprint density at radius 1 is 0.625 bits per heavy atom. The molecule has 0 aliphatic carbocycles. The molecule has 0 bridgehead atoms. The summed E-state index contributed by atoms with van der Waals surface area (Å²) in [6.45, 7) is 6.82. The first-order chi connectivity index (χ1) is 22.9. The molecule has 0 unspecified atom stereocenters. The molecule has 0 saturated heterocycles. The van der Waals surface area contributed by atoms with Gasteiger partial charge in [-0.1, -0.05) is 75.4 Å². The third-order valence-electron chi connectivity index (χ3n) is 8.42. The van der Waals surface area contributed by atoms with Crippen molar-refractivity contribution >= 4 is 49.8 Å². The average Bonchev–Trinajstić information content (AvgIpc) is 3.48. The Morgan fingerprint density at radius 2 is 1.33 bits per heavy atom. The summed E-state index contributed by atoms with van der Waals surface area (Å²) in [5.41, 5.74) is 9.37. The van der Waals surface area contributed by atoms with E-state index in [-0.39, 0.29) is 26.5 Å². The van der Waals surface area contributed by atoms with Crippen LogP contribution < -0.4 is 4.90 Å². The molecule has 5 aromatic carbocycles. The van der Waals surface area contributed by atoms with Crippen LogP contribution in [0.4, 0.5) is 17.1 Å². The van der Waals surface area contributed by atoms with Crippen molar-refractivity contribution in [3.8, 4) is 22.5 Å². The molecule has 0 aliphatic heterocycles. The predicted octanol–water partition coefficient (Wildman–Crippen LogP) is 11.5. The summed E-state index contributed by atoms with van der Waals surface area (Å²) in [6.07, 6.45) is 4.69. The number of anilines is 3. The van der Waals surface area contributed by atoms with Crippen LogP contribution in [0, 0.1) is 17.5 Å². The SMILES string of the molecule is CC(C)(C)Cc1ccc2c(ccc3c4ccnc(-c5[c-]c(N(c6[c-]c(-c7ccccn7)ccc6)c6ccccc6)ccc5)c4oc23)c1.[Pt+2]. The number of hydrogen-bond donors (Lipinski definition) is 0. The maximum absolute atomic E-state index is 6.72. The smallest absolute Gasteiger partial charge is 0.463 e. The molecule has 0 N–H and O–H groups in total. The molecule has 5 heteroatoms. The van der Waals surface area contributed by atoms with Gasteiger partial charge in [0.05, 0.1) is 0 Å². The molecule has 0 saturated carbocycles. The summed E-state index contributed by atoms with van der Waals surface area (Å²) in [6, 6.07) is 49.0. The van der Waals surface area contributed by atoms with Gasteiger partial charge in [-0.15, -0.1) is 59.7 Å². The fourth-order valence-corrected chi connectivity index (χ4v) is 6.42. The third-order valence-corrected chi connectivity index (χ3v) is 8.42. The summed E-state index contributed by atoms with van der Waals surface area (Å²) in [5, 5.41) is 4.42. The van der Waals surface area contributed by atoms with E-state index in [1.54, 1.807) is 6.20 Å². The maximum atomic E-state index is 6.72. The van der Waals surface area contributed by atoms with Gasteiger partial charge in [-0.05, 0) is 70.2 Å². The topological polar surface area (TPSA) is 42.2 Å². The molecule has 8 rings (SSSR count). The van der Waals surface area contributed by atoms with Gasteiger partial charge >= 0.3 is 21.1 Å². The number of para-hydroxylation sites is 1. The Kier molecular flexibility index (Phi) is 8.45. The number of furan rings is 1. The molecule has 236 valence electrons. The molecule has 0 radical (unpaired) electrons. The molecule has 0 atom stereocenters. The quantitative estimate of drug-likeness (QED) is 0.157. The van der Waals surface area contributed by atoms with Crippen molar-refractivity contribution in [2.45, 2.75) is 27.2 Å². The number of rotatable bonds is 6. The minimum absolute atomic E-state index is 0. The molecule has 4 nitrogen and oxygen atoms in total. The minimum atomic E-state index is 0. The summed E-state index contributed by atoms with van der Waals surface area (Å²) >= 11 is 0. The number of hydrogen-bond acceptors (Lipinski definition) is 4. The summed E-state index contributed by atoms with van der Waals surface area (Å²) in [7, 11) is 0. The Bertz CT molecular complexity index is 2380. The van der Waals surface area contributed by atoms with Crippen LogP contribution in [0.2, 0.25) is 0 Å². The van der Waals surface area contributed by atoms with E-state index in [4.69, 9.17) is 9.40 Å². The van der Waals surface area contributed by atoms with Crippen LogP contribution in [0.1, 0.15) is 26.3 Å². The monoisotopic (exact) mass is 802 g/mol. The number of aromatic nitrogens is 2. The molecule has 3 aromatic heterocycles. The van der Waals surface area contributed by atoms with Gasteiger partial charge in [0.2, 0.25) is 0 Å². The van der Waals surface area contributed by atoms with E-state index in [0.717, 1.165) is 73.3 Å². The molecule has 0 aliphatic rings. The zero-order valence-corrected chi connectivity index (χ0v) is 29.2. The van der Waals surface area contributed by atoms with Crippen LogP contribution >= 0.6 is 0 Å². The van der Waals surface area contributed by atoms with Crippen molar-refractivity contribution in [2.75, 3.05) is 4.90 Å². The van der Waals surface area contributed by atoms with Gasteiger partial charge in [0, 0.05) is 39.9 Å². The van der Waals surface area contributed by atoms with Gasteiger partial charge in [0.15, 0.2) is 0 Å². The zero-order valence-electron chi connectivity index (χ0n) is 27.0. The first kappa shape index (κ1) is 31.5. The normalized spacial score (nSPS) is 11.6. The number of benzene rings is 5. The second-order valence-corrected chi connectivity index (χ2v) is 13.2. The second-order valence-electron chi connectivity index (χ2n) is 13.2. The fourth-order valence-electron chi connectivity index (χ4n) is 6.42. The number of nitrogens with zero attached hydrogens (tertiary/aromatic N) is 3. The molecule has 48 heavy (non-hydrogen) atoms. The molecule has 0 fully saturated rings. The molecule has 0 spiro atoms. The summed E-state index contributed by atoms with van der Waals surface area (Å²) < 4.78 is 6.72. The van der Waals surface area contributed by atoms with Crippen molar-refractivity contribution in [1.29, 1.82) is 0 Å². The minimum Gasteiger partial charge on any atom is -0.463 e. The van der Waals surface area contributed by atoms with Gasteiger partial charge in [-0.3, -0.25) is 0 Å².